The van der Waals surface area contributed by atoms with Crippen LogP contribution in [-0.2, 0) is 19.6 Å². The van der Waals surface area contributed by atoms with Gasteiger partial charge in [0.1, 0.15) is 11.9 Å². The average Bonchev–Trinajstić information content (AvgIpc) is 2.37. The molecule has 0 fully saturated rings. The fourth-order valence-corrected chi connectivity index (χ4v) is 2.75. The lowest BCUT2D eigenvalue weighted by Crippen LogP contribution is -2.41. The molecule has 0 aliphatic rings. The Balaban J connectivity index is 2.97. The summed E-state index contributed by atoms with van der Waals surface area (Å²) >= 11 is 0. The molecule has 9 heteroatoms. The molecule has 0 unspecified atom stereocenters. The first-order valence-electron chi connectivity index (χ1n) is 5.93. The predicted molar refractivity (Wildman–Crippen MR) is 71.3 cm³/mol. The van der Waals surface area contributed by atoms with Gasteiger partial charge in [0.05, 0.1) is 4.90 Å². The van der Waals surface area contributed by atoms with Crippen LogP contribution in [-0.4, -0.2) is 31.4 Å². The maximum Gasteiger partial charge on any atom is 0.321 e. The summed E-state index contributed by atoms with van der Waals surface area (Å²) in [5, 5.41) is 8.94. The van der Waals surface area contributed by atoms with Crippen LogP contribution in [0.15, 0.2) is 23.1 Å². The summed E-state index contributed by atoms with van der Waals surface area (Å²) in [4.78, 5) is 21.2. The normalized spacial score (nSPS) is 12.9. The van der Waals surface area contributed by atoms with Gasteiger partial charge in [-0.1, -0.05) is 6.07 Å². The third-order valence-corrected chi connectivity index (χ3v) is 4.20. The Morgan fingerprint density at radius 3 is 2.52 bits per heavy atom. The fraction of sp³-hybridized carbons (Fsp3) is 0.333. The van der Waals surface area contributed by atoms with Gasteiger partial charge in [-0.25, -0.2) is 12.8 Å². The van der Waals surface area contributed by atoms with Gasteiger partial charge >= 0.3 is 5.97 Å². The number of aliphatic carboxylic acids is 1. The molecule has 1 atom stereocenters. The maximum absolute atomic E-state index is 13.4. The zero-order valence-electron chi connectivity index (χ0n) is 11.2. The van der Waals surface area contributed by atoms with Crippen molar-refractivity contribution in [3.05, 3.63) is 29.6 Å². The molecule has 116 valence electrons. The Morgan fingerprint density at radius 1 is 1.43 bits per heavy atom. The molecule has 1 amide bonds. The molecule has 0 aliphatic heterocycles. The number of carboxylic acid groups (broad SMARTS) is 1. The third kappa shape index (κ3) is 4.80. The predicted octanol–water partition coefficient (Wildman–Crippen LogP) is 0.131. The number of nitrogens with one attached hydrogen (secondary N) is 1. The highest BCUT2D eigenvalue weighted by Crippen LogP contribution is 2.15. The number of amides is 1. The quantitative estimate of drug-likeness (QED) is 0.658. The highest BCUT2D eigenvalue weighted by molar-refractivity contribution is 7.89. The van der Waals surface area contributed by atoms with E-state index in [0.29, 0.717) is 0 Å². The smallest absolute Gasteiger partial charge is 0.321 e. The van der Waals surface area contributed by atoms with Crippen LogP contribution >= 0.6 is 0 Å². The molecule has 7 nitrogen and oxygen atoms in total. The van der Waals surface area contributed by atoms with E-state index in [1.165, 1.54) is 13.0 Å². The number of carbonyl (C=O) groups excluding carboxylic acids is 1. The fourth-order valence-electron chi connectivity index (χ4n) is 1.52. The van der Waals surface area contributed by atoms with Crippen LogP contribution in [0.3, 0.4) is 0 Å². The maximum atomic E-state index is 13.4. The van der Waals surface area contributed by atoms with Crippen LogP contribution in [0, 0.1) is 12.7 Å². The molecule has 0 saturated heterocycles. The second-order valence-corrected chi connectivity index (χ2v) is 6.14. The SMILES string of the molecule is Cc1ccc(S(=O)(=O)N[C@@H](CCC(N)=O)C(=O)O)cc1F. The molecule has 0 aliphatic carbocycles. The number of carboxylic acids is 1. The first-order valence-corrected chi connectivity index (χ1v) is 7.41. The molecule has 1 rings (SSSR count). The highest BCUT2D eigenvalue weighted by Gasteiger charge is 2.26. The molecule has 0 heterocycles. The largest absolute Gasteiger partial charge is 0.480 e. The van der Waals surface area contributed by atoms with Crippen molar-refractivity contribution in [2.75, 3.05) is 0 Å². The van der Waals surface area contributed by atoms with Gasteiger partial charge in [-0.05, 0) is 31.0 Å². The number of halogens is 1. The standard InChI is InChI=1S/C12H15FN2O5S/c1-7-2-3-8(6-9(7)13)21(19,20)15-10(12(17)18)4-5-11(14)16/h2-3,6,10,15H,4-5H2,1H3,(H2,14,16)(H,17,18)/t10-/m0/s1. The summed E-state index contributed by atoms with van der Waals surface area (Å²) in [5.74, 6) is -2.92. The van der Waals surface area contributed by atoms with Gasteiger partial charge < -0.3 is 10.8 Å². The van der Waals surface area contributed by atoms with Crippen LogP contribution in [0.1, 0.15) is 18.4 Å². The molecular formula is C12H15FN2O5S. The van der Waals surface area contributed by atoms with Crippen molar-refractivity contribution in [3.63, 3.8) is 0 Å². The molecule has 0 radical (unpaired) electrons. The minimum absolute atomic E-state index is 0.262. The van der Waals surface area contributed by atoms with Crippen LogP contribution < -0.4 is 10.5 Å². The van der Waals surface area contributed by atoms with Crippen molar-refractivity contribution in [3.8, 4) is 0 Å². The summed E-state index contributed by atoms with van der Waals surface area (Å²) in [6, 6.07) is 1.70. The Bertz CT molecular complexity index is 660. The van der Waals surface area contributed by atoms with E-state index in [4.69, 9.17) is 10.8 Å². The minimum atomic E-state index is -4.21. The molecule has 1 aromatic rings. The van der Waals surface area contributed by atoms with E-state index in [9.17, 15) is 22.4 Å². The number of hydrogen-bond acceptors (Lipinski definition) is 4. The molecule has 4 N–H and O–H groups in total. The van der Waals surface area contributed by atoms with Gasteiger partial charge in [0.15, 0.2) is 0 Å². The molecular weight excluding hydrogens is 303 g/mol. The molecule has 0 aromatic heterocycles. The van der Waals surface area contributed by atoms with E-state index < -0.39 is 38.7 Å². The number of carbonyl (C=O) groups is 2. The second kappa shape index (κ2) is 6.64. The number of rotatable bonds is 7. The molecule has 1 aromatic carbocycles. The summed E-state index contributed by atoms with van der Waals surface area (Å²) in [5.41, 5.74) is 5.16. The lowest BCUT2D eigenvalue weighted by molar-refractivity contribution is -0.139. The summed E-state index contributed by atoms with van der Waals surface area (Å²) in [6.45, 7) is 1.46. The van der Waals surface area contributed by atoms with Crippen molar-refractivity contribution in [1.82, 2.24) is 4.72 Å². The number of benzene rings is 1. The Labute approximate surface area is 121 Å². The lowest BCUT2D eigenvalue weighted by atomic mass is 10.2. The van der Waals surface area contributed by atoms with E-state index in [1.807, 2.05) is 4.72 Å². The second-order valence-electron chi connectivity index (χ2n) is 4.43. The van der Waals surface area contributed by atoms with Gasteiger partial charge in [0.25, 0.3) is 0 Å². The molecule has 0 bridgehead atoms. The van der Waals surface area contributed by atoms with Crippen molar-refractivity contribution in [2.24, 2.45) is 5.73 Å². The van der Waals surface area contributed by atoms with Gasteiger partial charge in [-0.15, -0.1) is 0 Å². The van der Waals surface area contributed by atoms with Crippen molar-refractivity contribution >= 4 is 21.9 Å². The van der Waals surface area contributed by atoms with E-state index >= 15 is 0 Å². The van der Waals surface area contributed by atoms with Crippen molar-refractivity contribution in [1.29, 1.82) is 0 Å². The molecule has 21 heavy (non-hydrogen) atoms. The number of primary amides is 1. The molecule has 0 saturated carbocycles. The van der Waals surface area contributed by atoms with Crippen molar-refractivity contribution < 1.29 is 27.5 Å². The van der Waals surface area contributed by atoms with E-state index in [2.05, 4.69) is 0 Å². The third-order valence-electron chi connectivity index (χ3n) is 2.73. The summed E-state index contributed by atoms with van der Waals surface area (Å²) in [7, 11) is -4.21. The number of aryl methyl sites for hydroxylation is 1. The lowest BCUT2D eigenvalue weighted by Gasteiger charge is -2.14. The van der Waals surface area contributed by atoms with E-state index in [0.717, 1.165) is 12.1 Å². The summed E-state index contributed by atoms with van der Waals surface area (Å²) in [6.07, 6.45) is -0.583. The van der Waals surface area contributed by atoms with Crippen LogP contribution in [0.4, 0.5) is 4.39 Å². The number of hydrogen-bond donors (Lipinski definition) is 3. The van der Waals surface area contributed by atoms with Gasteiger partial charge in [-0.2, -0.15) is 4.72 Å². The van der Waals surface area contributed by atoms with Gasteiger partial charge in [0, 0.05) is 6.42 Å². The number of sulfonamides is 1. The van der Waals surface area contributed by atoms with Crippen LogP contribution in [0.25, 0.3) is 0 Å². The minimum Gasteiger partial charge on any atom is -0.480 e. The van der Waals surface area contributed by atoms with Gasteiger partial charge in [0.2, 0.25) is 15.9 Å². The topological polar surface area (TPSA) is 127 Å². The zero-order chi connectivity index (χ0) is 16.2. The number of nitrogens with two attached hydrogens (primary N) is 1. The Morgan fingerprint density at radius 2 is 2.05 bits per heavy atom. The highest BCUT2D eigenvalue weighted by atomic mass is 32.2. The van der Waals surface area contributed by atoms with E-state index in [-0.39, 0.29) is 18.4 Å². The van der Waals surface area contributed by atoms with Crippen molar-refractivity contribution in [2.45, 2.75) is 30.7 Å². The Kier molecular flexibility index (Phi) is 5.39. The van der Waals surface area contributed by atoms with E-state index in [1.54, 1.807) is 0 Å². The zero-order valence-corrected chi connectivity index (χ0v) is 12.0. The van der Waals surface area contributed by atoms with Gasteiger partial charge in [-0.3, -0.25) is 9.59 Å². The monoisotopic (exact) mass is 318 g/mol. The average molecular weight is 318 g/mol. The van der Waals surface area contributed by atoms with Crippen LogP contribution in [0.5, 0.6) is 0 Å². The first kappa shape index (κ1) is 17.1. The first-order chi connectivity index (χ1) is 9.63. The Hall–Kier alpha value is -2.00. The van der Waals surface area contributed by atoms with Crippen LogP contribution in [0.2, 0.25) is 0 Å². The molecule has 0 spiro atoms. The summed E-state index contributed by atoms with van der Waals surface area (Å²) < 4.78 is 39.3.